The molecule has 1 rings (SSSR count). The highest BCUT2D eigenvalue weighted by Crippen LogP contribution is 2.20. The van der Waals surface area contributed by atoms with Gasteiger partial charge in [-0.1, -0.05) is 18.7 Å². The molecule has 0 bridgehead atoms. The van der Waals surface area contributed by atoms with E-state index in [1.54, 1.807) is 19.1 Å². The smallest absolute Gasteiger partial charge is 0.330 e. The van der Waals surface area contributed by atoms with E-state index in [0.717, 1.165) is 6.08 Å². The molecule has 0 N–H and O–H groups in total. The van der Waals surface area contributed by atoms with Crippen molar-refractivity contribution in [3.63, 3.8) is 0 Å². The number of carbonyl (C=O) groups excluding carboxylic acids is 2. The number of hydrogen-bond acceptors (Lipinski definition) is 5. The minimum Gasteiger partial charge on any atom is -0.460 e. The molecule has 1 aliphatic rings. The predicted octanol–water partition coefficient (Wildman–Crippen LogP) is 1.55. The highest BCUT2D eigenvalue weighted by atomic mass is 16.6. The van der Waals surface area contributed by atoms with Gasteiger partial charge in [0, 0.05) is 13.0 Å². The number of ether oxygens (including phenoxy) is 3. The van der Waals surface area contributed by atoms with Crippen LogP contribution in [0.2, 0.25) is 0 Å². The van der Waals surface area contributed by atoms with Crippen LogP contribution in [0.4, 0.5) is 0 Å². The van der Waals surface area contributed by atoms with Crippen molar-refractivity contribution in [3.05, 3.63) is 37.5 Å². The number of carbonyl (C=O) groups is 2. The van der Waals surface area contributed by atoms with Crippen LogP contribution < -0.4 is 0 Å². The number of hydrogen-bond donors (Lipinski definition) is 0. The van der Waals surface area contributed by atoms with Gasteiger partial charge in [0.15, 0.2) is 6.10 Å². The van der Waals surface area contributed by atoms with Crippen molar-refractivity contribution in [2.45, 2.75) is 38.3 Å². The van der Waals surface area contributed by atoms with E-state index in [9.17, 15) is 9.59 Å². The maximum Gasteiger partial charge on any atom is 0.330 e. The van der Waals surface area contributed by atoms with Crippen LogP contribution in [-0.2, 0) is 23.8 Å². The first-order valence-corrected chi connectivity index (χ1v) is 5.94. The predicted molar refractivity (Wildman–Crippen MR) is 69.3 cm³/mol. The average Bonchev–Trinajstić information content (AvgIpc) is 2.38. The fourth-order valence-corrected chi connectivity index (χ4v) is 1.71. The van der Waals surface area contributed by atoms with E-state index in [0.29, 0.717) is 0 Å². The monoisotopic (exact) mass is 266 g/mol. The Balaban J connectivity index is 2.71. The van der Waals surface area contributed by atoms with Crippen molar-refractivity contribution < 1.29 is 23.8 Å². The summed E-state index contributed by atoms with van der Waals surface area (Å²) in [6.07, 6.45) is 4.16. The molecule has 0 aromatic carbocycles. The van der Waals surface area contributed by atoms with Crippen molar-refractivity contribution in [2.75, 3.05) is 0 Å². The van der Waals surface area contributed by atoms with Crippen LogP contribution in [0.15, 0.2) is 37.5 Å². The molecule has 0 amide bonds. The highest BCUT2D eigenvalue weighted by Gasteiger charge is 2.31. The molecular formula is C14H18O5. The molecule has 0 saturated carbocycles. The Morgan fingerprint density at radius 3 is 2.58 bits per heavy atom. The lowest BCUT2D eigenvalue weighted by atomic mass is 10.1. The first-order valence-electron chi connectivity index (χ1n) is 5.94. The first-order chi connectivity index (χ1) is 8.97. The third-order valence-corrected chi connectivity index (χ3v) is 2.59. The Morgan fingerprint density at radius 1 is 1.37 bits per heavy atom. The summed E-state index contributed by atoms with van der Waals surface area (Å²) in [6.45, 7) is 10.0. The van der Waals surface area contributed by atoms with Crippen LogP contribution in [-0.4, -0.2) is 36.4 Å². The van der Waals surface area contributed by atoms with Crippen LogP contribution in [0.5, 0.6) is 0 Å². The lowest BCUT2D eigenvalue weighted by molar-refractivity contribution is -0.159. The quantitative estimate of drug-likeness (QED) is 0.429. The fourth-order valence-electron chi connectivity index (χ4n) is 1.71. The van der Waals surface area contributed by atoms with Crippen molar-refractivity contribution in [2.24, 2.45) is 0 Å². The van der Waals surface area contributed by atoms with Crippen LogP contribution >= 0.6 is 0 Å². The molecule has 1 aliphatic heterocycles. The van der Waals surface area contributed by atoms with Crippen LogP contribution in [0, 0.1) is 0 Å². The molecule has 104 valence electrons. The largest absolute Gasteiger partial charge is 0.460 e. The third-order valence-electron chi connectivity index (χ3n) is 2.59. The number of esters is 2. The van der Waals surface area contributed by atoms with Crippen molar-refractivity contribution in [1.82, 2.24) is 0 Å². The Morgan fingerprint density at radius 2 is 2.05 bits per heavy atom. The number of rotatable bonds is 5. The molecule has 0 spiro atoms. The summed E-state index contributed by atoms with van der Waals surface area (Å²) >= 11 is 0. The summed E-state index contributed by atoms with van der Waals surface area (Å²) in [6, 6.07) is 0. The topological polar surface area (TPSA) is 61.8 Å². The Hall–Kier alpha value is -1.88. The van der Waals surface area contributed by atoms with Gasteiger partial charge in [0.1, 0.15) is 18.3 Å². The zero-order valence-corrected chi connectivity index (χ0v) is 11.1. The Kier molecular flexibility index (Phi) is 5.51. The van der Waals surface area contributed by atoms with Crippen molar-refractivity contribution in [3.8, 4) is 0 Å². The van der Waals surface area contributed by atoms with Gasteiger partial charge >= 0.3 is 11.9 Å². The molecule has 19 heavy (non-hydrogen) atoms. The molecule has 0 saturated heterocycles. The van der Waals surface area contributed by atoms with Gasteiger partial charge < -0.3 is 14.2 Å². The van der Waals surface area contributed by atoms with E-state index in [2.05, 4.69) is 13.2 Å². The zero-order chi connectivity index (χ0) is 14.4. The van der Waals surface area contributed by atoms with Gasteiger partial charge in [-0.25, -0.2) is 4.79 Å². The molecule has 5 heteroatoms. The fraction of sp³-hybridized carbons (Fsp3) is 0.429. The Bertz CT molecular complexity index is 399. The third kappa shape index (κ3) is 4.37. The van der Waals surface area contributed by atoms with Gasteiger partial charge in [-0.3, -0.25) is 4.79 Å². The molecule has 0 radical (unpaired) electrons. The van der Waals surface area contributed by atoms with Gasteiger partial charge in [-0.2, -0.15) is 0 Å². The van der Waals surface area contributed by atoms with Gasteiger partial charge in [-0.05, 0) is 13.0 Å². The lowest BCUT2D eigenvalue weighted by Gasteiger charge is -2.32. The van der Waals surface area contributed by atoms with E-state index >= 15 is 0 Å². The van der Waals surface area contributed by atoms with Gasteiger partial charge in [0.05, 0.1) is 0 Å². The summed E-state index contributed by atoms with van der Waals surface area (Å²) in [5, 5.41) is 0. The molecule has 0 fully saturated rings. The highest BCUT2D eigenvalue weighted by molar-refractivity contribution is 5.81. The molecule has 4 atom stereocenters. The second-order valence-corrected chi connectivity index (χ2v) is 4.11. The minimum atomic E-state index is -0.552. The van der Waals surface area contributed by atoms with Crippen molar-refractivity contribution >= 4 is 11.9 Å². The van der Waals surface area contributed by atoms with Gasteiger partial charge in [0.25, 0.3) is 0 Å². The van der Waals surface area contributed by atoms with E-state index < -0.39 is 30.4 Å². The molecule has 0 aromatic heterocycles. The maximum atomic E-state index is 11.2. The molecule has 0 unspecified atom stereocenters. The van der Waals surface area contributed by atoms with Crippen LogP contribution in [0.3, 0.4) is 0 Å². The summed E-state index contributed by atoms with van der Waals surface area (Å²) in [5.74, 6) is -0.906. The summed E-state index contributed by atoms with van der Waals surface area (Å²) in [4.78, 5) is 22.1. The SMILES string of the molecule is C=CC(=O)O[C@@H]1C=C[C@@H]([C@@H](C)OC(C)=O)O[C@@H]1C=C. The first kappa shape index (κ1) is 15.2. The molecule has 1 heterocycles. The molecular weight excluding hydrogens is 248 g/mol. The Labute approximate surface area is 112 Å². The van der Waals surface area contributed by atoms with Crippen LogP contribution in [0.1, 0.15) is 13.8 Å². The summed E-state index contributed by atoms with van der Waals surface area (Å²) in [5.41, 5.74) is 0. The van der Waals surface area contributed by atoms with E-state index in [4.69, 9.17) is 14.2 Å². The minimum absolute atomic E-state index is 0.375. The van der Waals surface area contributed by atoms with Crippen molar-refractivity contribution in [1.29, 1.82) is 0 Å². The second-order valence-electron chi connectivity index (χ2n) is 4.11. The summed E-state index contributed by atoms with van der Waals surface area (Å²) in [7, 11) is 0. The van der Waals surface area contributed by atoms with E-state index in [-0.39, 0.29) is 5.97 Å². The lowest BCUT2D eigenvalue weighted by Crippen LogP contribution is -2.41. The molecule has 5 nitrogen and oxygen atoms in total. The van der Waals surface area contributed by atoms with Gasteiger partial charge in [0.2, 0.25) is 0 Å². The van der Waals surface area contributed by atoms with E-state index in [1.165, 1.54) is 13.0 Å². The van der Waals surface area contributed by atoms with Gasteiger partial charge in [-0.15, -0.1) is 6.58 Å². The standard InChI is InChI=1S/C14H18O5/c1-5-11-13(19-14(16)6-2)8-7-12(18-11)9(3)17-10(4)15/h5-9,11-13H,1-2H2,3-4H3/t9-,11-,12+,13-/m1/s1. The zero-order valence-electron chi connectivity index (χ0n) is 11.1. The normalized spacial score (nSPS) is 27.2. The molecule has 0 aliphatic carbocycles. The van der Waals surface area contributed by atoms with E-state index in [1.807, 2.05) is 0 Å². The van der Waals surface area contributed by atoms with Crippen LogP contribution in [0.25, 0.3) is 0 Å². The average molecular weight is 266 g/mol. The molecule has 0 aromatic rings. The summed E-state index contributed by atoms with van der Waals surface area (Å²) < 4.78 is 15.8. The second kappa shape index (κ2) is 6.89. The maximum absolute atomic E-state index is 11.2.